The van der Waals surface area contributed by atoms with Gasteiger partial charge in [0.15, 0.2) is 0 Å². The van der Waals surface area contributed by atoms with Crippen molar-refractivity contribution in [1.29, 1.82) is 0 Å². The zero-order valence-electron chi connectivity index (χ0n) is 12.6. The largest absolute Gasteiger partial charge is 0.380 e. The molecule has 1 saturated heterocycles. The van der Waals surface area contributed by atoms with Gasteiger partial charge in [0, 0.05) is 31.8 Å². The molecule has 21 heavy (non-hydrogen) atoms. The number of imidazole rings is 1. The second-order valence-electron chi connectivity index (χ2n) is 6.25. The minimum atomic E-state index is 0.129. The maximum absolute atomic E-state index is 12.2. The predicted octanol–water partition coefficient (Wildman–Crippen LogP) is 1.99. The minimum absolute atomic E-state index is 0.129. The zero-order valence-corrected chi connectivity index (χ0v) is 12.6. The minimum Gasteiger partial charge on any atom is -0.380 e. The summed E-state index contributed by atoms with van der Waals surface area (Å²) in [6, 6.07) is 7.91. The van der Waals surface area contributed by atoms with Crippen LogP contribution in [0.2, 0.25) is 0 Å². The Morgan fingerprint density at radius 1 is 1.43 bits per heavy atom. The predicted molar refractivity (Wildman–Crippen MR) is 81.0 cm³/mol. The van der Waals surface area contributed by atoms with Crippen molar-refractivity contribution >= 4 is 16.9 Å². The molecule has 0 spiro atoms. The number of hydrogen-bond donors (Lipinski definition) is 1. The van der Waals surface area contributed by atoms with E-state index in [4.69, 9.17) is 4.74 Å². The van der Waals surface area contributed by atoms with E-state index in [1.807, 2.05) is 36.2 Å². The molecule has 1 aromatic carbocycles. The molecule has 0 saturated carbocycles. The lowest BCUT2D eigenvalue weighted by molar-refractivity contribution is -0.142. The average molecular weight is 287 g/mol. The first-order valence-electron chi connectivity index (χ1n) is 7.31. The lowest BCUT2D eigenvalue weighted by Gasteiger charge is -2.40. The van der Waals surface area contributed by atoms with Crippen LogP contribution in [0.3, 0.4) is 0 Å². The molecule has 1 fully saturated rings. The maximum Gasteiger partial charge on any atom is 0.222 e. The number of carbonyl (C=O) groups excluding carboxylic acids is 1. The van der Waals surface area contributed by atoms with Gasteiger partial charge >= 0.3 is 0 Å². The Balaban J connectivity index is 1.55. The Kier molecular flexibility index (Phi) is 3.68. The van der Waals surface area contributed by atoms with Gasteiger partial charge in [-0.25, -0.2) is 4.98 Å². The quantitative estimate of drug-likeness (QED) is 0.915. The topological polar surface area (TPSA) is 58.2 Å². The zero-order chi connectivity index (χ0) is 14.9. The molecule has 2 aromatic rings. The van der Waals surface area contributed by atoms with E-state index >= 15 is 0 Å². The average Bonchev–Trinajstić information content (AvgIpc) is 2.85. The number of aryl methyl sites for hydroxylation is 1. The number of amides is 1. The highest BCUT2D eigenvalue weighted by Gasteiger charge is 2.35. The van der Waals surface area contributed by atoms with Crippen molar-refractivity contribution in [2.24, 2.45) is 5.41 Å². The number of aromatic nitrogens is 2. The van der Waals surface area contributed by atoms with Crippen molar-refractivity contribution < 1.29 is 9.53 Å². The van der Waals surface area contributed by atoms with Crippen LogP contribution in [0.4, 0.5) is 0 Å². The van der Waals surface area contributed by atoms with E-state index in [9.17, 15) is 4.79 Å². The van der Waals surface area contributed by atoms with Crippen LogP contribution in [-0.4, -0.2) is 47.6 Å². The summed E-state index contributed by atoms with van der Waals surface area (Å²) in [6.45, 7) is 4.40. The Hall–Kier alpha value is -1.88. The van der Waals surface area contributed by atoms with Gasteiger partial charge in [-0.15, -0.1) is 0 Å². The molecule has 0 bridgehead atoms. The van der Waals surface area contributed by atoms with Crippen molar-refractivity contribution in [1.82, 2.24) is 14.9 Å². The lowest BCUT2D eigenvalue weighted by atomic mass is 9.88. The van der Waals surface area contributed by atoms with Crippen molar-refractivity contribution in [2.45, 2.75) is 19.8 Å². The highest BCUT2D eigenvalue weighted by molar-refractivity contribution is 5.77. The van der Waals surface area contributed by atoms with E-state index in [1.54, 1.807) is 0 Å². The SMILES string of the molecule is CN(CC1(C)COC1)C(=O)CCc1nc2ccccc2[nH]1. The van der Waals surface area contributed by atoms with Crippen molar-refractivity contribution in [3.8, 4) is 0 Å². The molecule has 0 aliphatic carbocycles. The van der Waals surface area contributed by atoms with Crippen LogP contribution in [0.1, 0.15) is 19.2 Å². The highest BCUT2D eigenvalue weighted by atomic mass is 16.5. The van der Waals surface area contributed by atoms with Crippen LogP contribution in [-0.2, 0) is 16.0 Å². The van der Waals surface area contributed by atoms with Crippen LogP contribution in [0.15, 0.2) is 24.3 Å². The first-order valence-corrected chi connectivity index (χ1v) is 7.31. The molecule has 1 aliphatic rings. The number of aromatic amines is 1. The summed E-state index contributed by atoms with van der Waals surface area (Å²) < 4.78 is 5.23. The third-order valence-corrected chi connectivity index (χ3v) is 3.96. The summed E-state index contributed by atoms with van der Waals surface area (Å²) in [6.07, 6.45) is 1.12. The van der Waals surface area contributed by atoms with Crippen LogP contribution >= 0.6 is 0 Å². The molecule has 1 aliphatic heterocycles. The number of ether oxygens (including phenoxy) is 1. The number of nitrogens with zero attached hydrogens (tertiary/aromatic N) is 2. The summed E-state index contributed by atoms with van der Waals surface area (Å²) in [4.78, 5) is 21.8. The standard InChI is InChI=1S/C16H21N3O2/c1-16(10-21-11-16)9-19(2)15(20)8-7-14-17-12-5-3-4-6-13(12)18-14/h3-6H,7-11H2,1-2H3,(H,17,18). The molecule has 5 nitrogen and oxygen atoms in total. The van der Waals surface area contributed by atoms with Crippen LogP contribution in [0.5, 0.6) is 0 Å². The summed E-state index contributed by atoms with van der Waals surface area (Å²) in [5.41, 5.74) is 2.10. The Morgan fingerprint density at radius 2 is 2.19 bits per heavy atom. The monoisotopic (exact) mass is 287 g/mol. The Bertz CT molecular complexity index is 613. The molecule has 3 rings (SSSR count). The third kappa shape index (κ3) is 3.08. The number of para-hydroxylation sites is 2. The number of nitrogens with one attached hydrogen (secondary N) is 1. The number of hydrogen-bond acceptors (Lipinski definition) is 3. The van der Waals surface area contributed by atoms with Gasteiger partial charge in [0.2, 0.25) is 5.91 Å². The summed E-state index contributed by atoms with van der Waals surface area (Å²) in [5.74, 6) is 1.03. The summed E-state index contributed by atoms with van der Waals surface area (Å²) >= 11 is 0. The molecule has 112 valence electrons. The molecular formula is C16H21N3O2. The van der Waals surface area contributed by atoms with Gasteiger partial charge in [0.25, 0.3) is 0 Å². The summed E-state index contributed by atoms with van der Waals surface area (Å²) in [7, 11) is 1.87. The molecule has 1 aromatic heterocycles. The number of benzene rings is 1. The molecule has 1 amide bonds. The fraction of sp³-hybridized carbons (Fsp3) is 0.500. The first kappa shape index (κ1) is 14.1. The van der Waals surface area contributed by atoms with Crippen molar-refractivity contribution in [3.63, 3.8) is 0 Å². The summed E-state index contributed by atoms with van der Waals surface area (Å²) in [5, 5.41) is 0. The maximum atomic E-state index is 12.2. The number of rotatable bonds is 5. The van der Waals surface area contributed by atoms with Crippen LogP contribution in [0.25, 0.3) is 11.0 Å². The Morgan fingerprint density at radius 3 is 2.86 bits per heavy atom. The molecule has 2 heterocycles. The highest BCUT2D eigenvalue weighted by Crippen LogP contribution is 2.27. The normalized spacial score (nSPS) is 16.7. The van der Waals surface area contributed by atoms with Gasteiger partial charge in [-0.05, 0) is 12.1 Å². The third-order valence-electron chi connectivity index (χ3n) is 3.96. The van der Waals surface area contributed by atoms with E-state index in [-0.39, 0.29) is 11.3 Å². The fourth-order valence-electron chi connectivity index (χ4n) is 2.74. The Labute approximate surface area is 124 Å². The molecule has 1 N–H and O–H groups in total. The van der Waals surface area contributed by atoms with Crippen LogP contribution in [0, 0.1) is 5.41 Å². The molecule has 0 unspecified atom stereocenters. The number of fused-ring (bicyclic) bond motifs is 1. The van der Waals surface area contributed by atoms with Crippen molar-refractivity contribution in [2.75, 3.05) is 26.8 Å². The van der Waals surface area contributed by atoms with Gasteiger partial charge in [-0.3, -0.25) is 4.79 Å². The van der Waals surface area contributed by atoms with E-state index in [0.717, 1.165) is 36.6 Å². The number of carbonyl (C=O) groups is 1. The van der Waals surface area contributed by atoms with Crippen LogP contribution < -0.4 is 0 Å². The smallest absolute Gasteiger partial charge is 0.222 e. The lowest BCUT2D eigenvalue weighted by Crippen LogP contribution is -2.49. The van der Waals surface area contributed by atoms with Gasteiger partial charge in [-0.1, -0.05) is 19.1 Å². The van der Waals surface area contributed by atoms with Crippen molar-refractivity contribution in [3.05, 3.63) is 30.1 Å². The number of H-pyrrole nitrogens is 1. The molecule has 0 radical (unpaired) electrons. The fourth-order valence-corrected chi connectivity index (χ4v) is 2.74. The van der Waals surface area contributed by atoms with Gasteiger partial charge < -0.3 is 14.6 Å². The first-order chi connectivity index (χ1) is 10.1. The van der Waals surface area contributed by atoms with Gasteiger partial charge in [-0.2, -0.15) is 0 Å². The van der Waals surface area contributed by atoms with Gasteiger partial charge in [0.1, 0.15) is 5.82 Å². The second-order valence-corrected chi connectivity index (χ2v) is 6.25. The van der Waals surface area contributed by atoms with E-state index < -0.39 is 0 Å². The second kappa shape index (κ2) is 5.48. The molecule has 0 atom stereocenters. The molecular weight excluding hydrogens is 266 g/mol. The molecule has 5 heteroatoms. The van der Waals surface area contributed by atoms with E-state index in [2.05, 4.69) is 16.9 Å². The van der Waals surface area contributed by atoms with Gasteiger partial charge in [0.05, 0.1) is 24.2 Å². The van der Waals surface area contributed by atoms with E-state index in [1.165, 1.54) is 0 Å². The van der Waals surface area contributed by atoms with E-state index in [0.29, 0.717) is 12.8 Å².